The number of unbranched alkanes of at least 4 members (excludes halogenated alkanes) is 27. The highest BCUT2D eigenvalue weighted by Gasteiger charge is 2.24. The molecule has 0 heterocycles. The summed E-state index contributed by atoms with van der Waals surface area (Å²) in [5, 5.41) is 23.8. The minimum Gasteiger partial charge on any atom is -0.462 e. The molecule has 0 radical (unpaired) electrons. The normalized spacial score (nSPS) is 13.8. The van der Waals surface area contributed by atoms with Crippen LogP contribution in [0, 0.1) is 0 Å². The molecule has 0 aromatic carbocycles. The zero-order valence-electron chi connectivity index (χ0n) is 41.4. The minimum atomic E-state index is -0.802. The fourth-order valence-electron chi connectivity index (χ4n) is 7.84. The van der Waals surface area contributed by atoms with Crippen molar-refractivity contribution in [1.29, 1.82) is 0 Å². The van der Waals surface area contributed by atoms with Gasteiger partial charge in [0.25, 0.3) is 0 Å². The largest absolute Gasteiger partial charge is 0.462 e. The third kappa shape index (κ3) is 45.7. The number of amides is 1. The third-order valence-corrected chi connectivity index (χ3v) is 11.9. The van der Waals surface area contributed by atoms with Crippen molar-refractivity contribution in [3.63, 3.8) is 0 Å². The number of aliphatic hydroxyl groups is 2. The second kappa shape index (κ2) is 50.3. The molecule has 3 atom stereocenters. The molecule has 0 bridgehead atoms. The van der Waals surface area contributed by atoms with Crippen molar-refractivity contribution in [2.24, 2.45) is 0 Å². The summed E-state index contributed by atoms with van der Waals surface area (Å²) in [5.41, 5.74) is 0. The molecule has 0 aliphatic carbocycles. The van der Waals surface area contributed by atoms with E-state index < -0.39 is 18.2 Å². The monoisotopic (exact) mass is 880 g/mol. The Morgan fingerprint density at radius 3 is 1.33 bits per heavy atom. The van der Waals surface area contributed by atoms with Gasteiger partial charge >= 0.3 is 5.97 Å². The zero-order chi connectivity index (χ0) is 45.9. The lowest BCUT2D eigenvalue weighted by molar-refractivity contribution is -0.151. The lowest BCUT2D eigenvalue weighted by Gasteiger charge is -2.24. The number of hydrogen-bond donors (Lipinski definition) is 3. The average Bonchev–Trinajstić information content (AvgIpc) is 3.28. The summed E-state index contributed by atoms with van der Waals surface area (Å²) in [6.45, 7) is 6.33. The molecule has 6 nitrogen and oxygen atoms in total. The summed E-state index contributed by atoms with van der Waals surface area (Å²) in [6, 6.07) is -0.718. The van der Waals surface area contributed by atoms with Gasteiger partial charge in [-0.1, -0.05) is 241 Å². The van der Waals surface area contributed by atoms with Gasteiger partial charge in [-0.25, -0.2) is 0 Å². The second-order valence-electron chi connectivity index (χ2n) is 18.0. The van der Waals surface area contributed by atoms with Crippen LogP contribution in [0.25, 0.3) is 0 Å². The fraction of sp³-hybridized carbons (Fsp3) is 0.754. The number of aliphatic hydroxyl groups excluding tert-OH is 2. The molecule has 0 aromatic heterocycles. The third-order valence-electron chi connectivity index (χ3n) is 11.9. The van der Waals surface area contributed by atoms with Crippen molar-refractivity contribution in [3.8, 4) is 0 Å². The predicted octanol–water partition coefficient (Wildman–Crippen LogP) is 16.2. The smallest absolute Gasteiger partial charge is 0.306 e. The van der Waals surface area contributed by atoms with Gasteiger partial charge in [-0.15, -0.1) is 0 Å². The molecular formula is C57H101NO5. The van der Waals surface area contributed by atoms with E-state index >= 15 is 0 Å². The number of esters is 1. The summed E-state index contributed by atoms with van der Waals surface area (Å²) in [5.74, 6) is -0.526. The molecule has 0 fully saturated rings. The minimum absolute atomic E-state index is 0.0477. The van der Waals surface area contributed by atoms with Crippen LogP contribution in [-0.4, -0.2) is 46.9 Å². The summed E-state index contributed by atoms with van der Waals surface area (Å²) >= 11 is 0. The van der Waals surface area contributed by atoms with E-state index in [0.29, 0.717) is 19.3 Å². The number of rotatable bonds is 47. The van der Waals surface area contributed by atoms with Crippen LogP contribution < -0.4 is 5.32 Å². The first-order valence-electron chi connectivity index (χ1n) is 26.7. The van der Waals surface area contributed by atoms with Crippen molar-refractivity contribution < 1.29 is 24.5 Å². The Hall–Kier alpha value is -2.70. The van der Waals surface area contributed by atoms with Gasteiger partial charge in [0.2, 0.25) is 5.91 Å². The number of allylic oxidation sites excluding steroid dienone is 12. The van der Waals surface area contributed by atoms with E-state index in [9.17, 15) is 19.8 Å². The Bertz CT molecular complexity index is 1170. The van der Waals surface area contributed by atoms with Crippen molar-refractivity contribution in [3.05, 3.63) is 72.9 Å². The molecular weight excluding hydrogens is 779 g/mol. The van der Waals surface area contributed by atoms with Crippen LogP contribution in [0.5, 0.6) is 0 Å². The average molecular weight is 880 g/mol. The second-order valence-corrected chi connectivity index (χ2v) is 18.0. The van der Waals surface area contributed by atoms with E-state index in [0.717, 1.165) is 96.3 Å². The van der Waals surface area contributed by atoms with Crippen LogP contribution in [0.1, 0.15) is 252 Å². The first-order valence-corrected chi connectivity index (χ1v) is 26.7. The summed E-state index contributed by atoms with van der Waals surface area (Å²) in [4.78, 5) is 26.2. The Balaban J connectivity index is 4.68. The molecule has 3 N–H and O–H groups in total. The van der Waals surface area contributed by atoms with Gasteiger partial charge in [0.05, 0.1) is 25.2 Å². The van der Waals surface area contributed by atoms with Crippen LogP contribution in [0.3, 0.4) is 0 Å². The van der Waals surface area contributed by atoms with Gasteiger partial charge in [-0.05, 0) is 70.6 Å². The highest BCUT2D eigenvalue weighted by Crippen LogP contribution is 2.17. The lowest BCUT2D eigenvalue weighted by Crippen LogP contribution is -2.46. The molecule has 0 aliphatic heterocycles. The molecule has 0 aliphatic rings. The van der Waals surface area contributed by atoms with Crippen LogP contribution in [0.2, 0.25) is 0 Å². The molecule has 1 amide bonds. The lowest BCUT2D eigenvalue weighted by atomic mass is 10.0. The van der Waals surface area contributed by atoms with Crippen LogP contribution >= 0.6 is 0 Å². The molecule has 63 heavy (non-hydrogen) atoms. The number of ether oxygens (including phenoxy) is 1. The fourth-order valence-corrected chi connectivity index (χ4v) is 7.84. The Morgan fingerprint density at radius 1 is 0.476 bits per heavy atom. The maximum Gasteiger partial charge on any atom is 0.306 e. The van der Waals surface area contributed by atoms with Crippen LogP contribution in [0.4, 0.5) is 0 Å². The molecule has 6 heteroatoms. The summed E-state index contributed by atoms with van der Waals surface area (Å²) in [6.07, 6.45) is 63.9. The first-order chi connectivity index (χ1) is 31.0. The van der Waals surface area contributed by atoms with Gasteiger partial charge in [0.1, 0.15) is 6.10 Å². The molecule has 0 spiro atoms. The molecule has 0 saturated carbocycles. The van der Waals surface area contributed by atoms with Crippen molar-refractivity contribution in [1.82, 2.24) is 5.32 Å². The van der Waals surface area contributed by atoms with E-state index in [2.05, 4.69) is 80.8 Å². The Kier molecular flexibility index (Phi) is 48.1. The van der Waals surface area contributed by atoms with Gasteiger partial charge < -0.3 is 20.3 Å². The molecule has 3 unspecified atom stereocenters. The van der Waals surface area contributed by atoms with E-state index in [1.165, 1.54) is 109 Å². The maximum absolute atomic E-state index is 13.2. The summed E-state index contributed by atoms with van der Waals surface area (Å²) in [7, 11) is 0. The standard InChI is InChI=1S/C57H101NO5/c1-4-7-10-13-16-19-22-25-27-29-31-33-36-39-42-45-48-53(63-57(62)50-47-44-41-38-35-32-28-26-23-20-17-14-11-8-5-2)51-56(61)58-54(52-59)55(60)49-46-43-40-37-34-30-24-21-18-15-12-9-6-3/h8,11,14,17,20,23,26-29,31,33,53-55,59-60H,4-7,9-10,12-13,15-16,18-19,21-22,24-25,30,32,34-52H2,1-3H3,(H,58,61)/b11-8+,17-14+,23-20+,28-26-,29-27+,33-31+. The van der Waals surface area contributed by atoms with E-state index in [-0.39, 0.29) is 24.9 Å². The topological polar surface area (TPSA) is 95.9 Å². The van der Waals surface area contributed by atoms with Crippen molar-refractivity contribution >= 4 is 11.9 Å². The molecule has 0 rings (SSSR count). The number of hydrogen-bond acceptors (Lipinski definition) is 5. The summed E-state index contributed by atoms with van der Waals surface area (Å²) < 4.78 is 5.92. The first kappa shape index (κ1) is 60.3. The van der Waals surface area contributed by atoms with E-state index in [1.54, 1.807) is 0 Å². The van der Waals surface area contributed by atoms with Crippen LogP contribution in [0.15, 0.2) is 72.9 Å². The van der Waals surface area contributed by atoms with Gasteiger partial charge in [0.15, 0.2) is 0 Å². The SMILES string of the molecule is CC/C=C/C=C/C=C/C=C\CCCCCCCC(=O)OC(CCCCC/C=C/C=C/CCCCCCCCC)CC(=O)NC(CO)C(O)CCCCCCCCCCCCCCC. The quantitative estimate of drug-likeness (QED) is 0.0321. The highest BCUT2D eigenvalue weighted by molar-refractivity contribution is 5.77. The van der Waals surface area contributed by atoms with E-state index in [1.807, 2.05) is 18.2 Å². The highest BCUT2D eigenvalue weighted by atomic mass is 16.5. The van der Waals surface area contributed by atoms with Gasteiger partial charge in [-0.3, -0.25) is 9.59 Å². The number of carbonyl (C=O) groups is 2. The Labute approximate surface area is 390 Å². The zero-order valence-corrected chi connectivity index (χ0v) is 41.4. The van der Waals surface area contributed by atoms with Crippen LogP contribution in [-0.2, 0) is 14.3 Å². The van der Waals surface area contributed by atoms with Gasteiger partial charge in [-0.2, -0.15) is 0 Å². The molecule has 0 aromatic rings. The number of carbonyl (C=O) groups excluding carboxylic acids is 2. The van der Waals surface area contributed by atoms with E-state index in [4.69, 9.17) is 4.74 Å². The predicted molar refractivity (Wildman–Crippen MR) is 273 cm³/mol. The molecule has 364 valence electrons. The van der Waals surface area contributed by atoms with Gasteiger partial charge in [0, 0.05) is 6.42 Å². The molecule has 0 saturated heterocycles. The Morgan fingerprint density at radius 2 is 0.857 bits per heavy atom. The number of nitrogens with one attached hydrogen (secondary N) is 1. The maximum atomic E-state index is 13.2. The van der Waals surface area contributed by atoms with Crippen molar-refractivity contribution in [2.45, 2.75) is 270 Å². The van der Waals surface area contributed by atoms with Crippen molar-refractivity contribution in [2.75, 3.05) is 6.61 Å².